The van der Waals surface area contributed by atoms with Gasteiger partial charge < -0.3 is 25.3 Å². The first-order valence-electron chi connectivity index (χ1n) is 18.8. The summed E-state index contributed by atoms with van der Waals surface area (Å²) in [5.41, 5.74) is 15.0. The van der Waals surface area contributed by atoms with Crippen molar-refractivity contribution in [2.24, 2.45) is 0 Å². The number of nitrogens with zero attached hydrogens (tertiary/aromatic N) is 2. The summed E-state index contributed by atoms with van der Waals surface area (Å²) in [4.78, 5) is 11.4. The summed E-state index contributed by atoms with van der Waals surface area (Å²) >= 11 is 13.6. The van der Waals surface area contributed by atoms with E-state index in [9.17, 15) is 0 Å². The van der Waals surface area contributed by atoms with E-state index in [1.807, 2.05) is 0 Å². The molecule has 2 aromatic heterocycles. The van der Waals surface area contributed by atoms with Crippen LogP contribution in [-0.4, -0.2) is 9.97 Å². The zero-order chi connectivity index (χ0) is 37.4. The third kappa shape index (κ3) is 5.07. The van der Waals surface area contributed by atoms with E-state index < -0.39 is 9.49 Å². The van der Waals surface area contributed by atoms with Crippen molar-refractivity contribution >= 4 is 57.8 Å². The second kappa shape index (κ2) is 12.4. The topological polar surface area (TPSA) is 25.8 Å². The number of hydrogen-bond donors (Lipinski definition) is 0. The van der Waals surface area contributed by atoms with Crippen LogP contribution in [0.1, 0.15) is 86.3 Å². The Balaban J connectivity index is 0.00000397. The standard InChI is InChI=1S/C50H42N2S2.Pt/c1-47(2,3)40-27-29-28-41(48(4,5)6)35-24-26-43(50(54)38-21-13-9-17-32(38)33-18-10-14-22-39(33)50)52-46(35)44(29)45-34(40)23-25-42(51-45)49(53)36-19-11-7-15-30(36)31-16-8-12-20-37(31)49;/h7-28,53-54H,1-6H3;/q;+2/p-2. The normalized spacial score (nSPS) is 15.1. The van der Waals surface area contributed by atoms with Gasteiger partial charge in [0.15, 0.2) is 0 Å². The van der Waals surface area contributed by atoms with Crippen LogP contribution in [0.25, 0.3) is 54.8 Å². The molecule has 2 nitrogen and oxygen atoms in total. The van der Waals surface area contributed by atoms with Crippen LogP contribution in [0.5, 0.6) is 0 Å². The van der Waals surface area contributed by atoms with Gasteiger partial charge in [0.1, 0.15) is 0 Å². The van der Waals surface area contributed by atoms with Gasteiger partial charge in [-0.15, -0.1) is 0 Å². The average Bonchev–Trinajstić information content (AvgIpc) is 3.59. The number of aromatic nitrogens is 2. The Morgan fingerprint density at radius 1 is 0.436 bits per heavy atom. The Labute approximate surface area is 348 Å². The molecule has 2 aliphatic rings. The Morgan fingerprint density at radius 3 is 1.05 bits per heavy atom. The molecule has 2 heterocycles. The van der Waals surface area contributed by atoms with E-state index in [-0.39, 0.29) is 31.9 Å². The van der Waals surface area contributed by atoms with Gasteiger partial charge in [-0.2, -0.15) is 0 Å². The summed E-state index contributed by atoms with van der Waals surface area (Å²) in [7, 11) is 0. The summed E-state index contributed by atoms with van der Waals surface area (Å²) in [6, 6.07) is 47.9. The van der Waals surface area contributed by atoms with Crippen molar-refractivity contribution in [1.29, 1.82) is 0 Å². The van der Waals surface area contributed by atoms with Crippen LogP contribution in [0.2, 0.25) is 0 Å². The van der Waals surface area contributed by atoms with E-state index >= 15 is 0 Å². The Hall–Kier alpha value is -4.21. The van der Waals surface area contributed by atoms with E-state index in [1.54, 1.807) is 0 Å². The van der Waals surface area contributed by atoms with E-state index in [1.165, 1.54) is 33.4 Å². The zero-order valence-corrected chi connectivity index (χ0v) is 35.6. The summed E-state index contributed by atoms with van der Waals surface area (Å²) in [5, 5.41) is 4.42. The minimum atomic E-state index is -0.840. The predicted molar refractivity (Wildman–Crippen MR) is 230 cm³/mol. The first kappa shape index (κ1) is 36.4. The van der Waals surface area contributed by atoms with Crippen molar-refractivity contribution < 1.29 is 21.1 Å². The second-order valence-electron chi connectivity index (χ2n) is 17.2. The number of hydrogen-bond acceptors (Lipinski definition) is 4. The maximum absolute atomic E-state index is 6.79. The van der Waals surface area contributed by atoms with Crippen LogP contribution in [-0.2, 0) is 66.6 Å². The first-order valence-corrected chi connectivity index (χ1v) is 19.7. The molecule has 0 saturated carbocycles. The summed E-state index contributed by atoms with van der Waals surface area (Å²) in [6.07, 6.45) is 0. The van der Waals surface area contributed by atoms with E-state index in [0.717, 1.165) is 66.2 Å². The van der Waals surface area contributed by atoms with Crippen LogP contribution in [0.15, 0.2) is 133 Å². The number of pyridine rings is 2. The quantitative estimate of drug-likeness (QED) is 0.127. The summed E-state index contributed by atoms with van der Waals surface area (Å²) in [5.74, 6) is 0. The SMILES string of the molecule is CC(C)(C)c1cc2cc(C(C)(C)C)c3ccc(C4([S-])c5ccccc5-c5ccccc54)nc3c2c2nc(C3([S-])c4ccccc4-c4ccccc43)ccc12.[Pt+2]. The van der Waals surface area contributed by atoms with Gasteiger partial charge in [0.25, 0.3) is 0 Å². The minimum absolute atomic E-state index is 0. The van der Waals surface area contributed by atoms with Crippen molar-refractivity contribution in [2.45, 2.75) is 61.9 Å². The first-order chi connectivity index (χ1) is 25.8. The summed E-state index contributed by atoms with van der Waals surface area (Å²) in [6.45, 7) is 13.7. The monoisotopic (exact) mass is 927 g/mol. The second-order valence-corrected chi connectivity index (χ2v) is 18.4. The van der Waals surface area contributed by atoms with Crippen LogP contribution < -0.4 is 0 Å². The number of fused-ring (bicyclic) bond motifs is 11. The maximum Gasteiger partial charge on any atom is 2.00 e. The van der Waals surface area contributed by atoms with Gasteiger partial charge in [-0.25, -0.2) is 0 Å². The molecule has 0 spiro atoms. The average molecular weight is 928 g/mol. The molecule has 5 heteroatoms. The van der Waals surface area contributed by atoms with Gasteiger partial charge in [-0.3, -0.25) is 9.97 Å². The van der Waals surface area contributed by atoms with Gasteiger partial charge >= 0.3 is 21.1 Å². The molecule has 0 amide bonds. The molecule has 55 heavy (non-hydrogen) atoms. The van der Waals surface area contributed by atoms with E-state index in [2.05, 4.69) is 175 Å². The minimum Gasteiger partial charge on any atom is -0.770 e. The Kier molecular flexibility index (Phi) is 8.21. The molecular formula is C50H40N2PtS2. The van der Waals surface area contributed by atoms with Crippen molar-refractivity contribution in [2.75, 3.05) is 0 Å². The molecule has 0 bridgehead atoms. The molecule has 0 atom stereocenters. The Morgan fingerprint density at radius 2 is 0.745 bits per heavy atom. The smallest absolute Gasteiger partial charge is 0.770 e. The third-order valence-corrected chi connectivity index (χ3v) is 13.2. The fraction of sp³-hybridized carbons (Fsp3) is 0.200. The van der Waals surface area contributed by atoms with Crippen molar-refractivity contribution in [3.05, 3.63) is 178 Å². The molecule has 0 saturated heterocycles. The van der Waals surface area contributed by atoms with Gasteiger partial charge in [-0.1, -0.05) is 160 Å². The molecule has 2 aliphatic carbocycles. The van der Waals surface area contributed by atoms with Crippen LogP contribution in [0.4, 0.5) is 0 Å². The zero-order valence-electron chi connectivity index (χ0n) is 31.7. The molecule has 272 valence electrons. The molecule has 8 aromatic rings. The molecule has 6 aromatic carbocycles. The maximum atomic E-state index is 6.79. The van der Waals surface area contributed by atoms with Crippen LogP contribution in [0.3, 0.4) is 0 Å². The van der Waals surface area contributed by atoms with E-state index in [0.29, 0.717) is 0 Å². The summed E-state index contributed by atoms with van der Waals surface area (Å²) < 4.78 is -1.68. The van der Waals surface area contributed by atoms with Crippen LogP contribution in [0, 0.1) is 0 Å². The fourth-order valence-corrected chi connectivity index (χ4v) is 10.3. The molecule has 0 radical (unpaired) electrons. The molecule has 0 aliphatic heterocycles. The predicted octanol–water partition coefficient (Wildman–Crippen LogP) is 12.2. The van der Waals surface area contributed by atoms with Crippen molar-refractivity contribution in [3.63, 3.8) is 0 Å². The van der Waals surface area contributed by atoms with E-state index in [4.69, 9.17) is 35.2 Å². The fourth-order valence-electron chi connectivity index (χ4n) is 9.35. The molecule has 0 N–H and O–H groups in total. The molecule has 0 fully saturated rings. The molecular weight excluding hydrogens is 888 g/mol. The largest absolute Gasteiger partial charge is 2.00 e. The van der Waals surface area contributed by atoms with Crippen molar-refractivity contribution in [3.8, 4) is 22.3 Å². The number of benzene rings is 6. The van der Waals surface area contributed by atoms with Gasteiger partial charge in [0.2, 0.25) is 0 Å². The Bertz CT molecular complexity index is 2610. The van der Waals surface area contributed by atoms with Crippen LogP contribution >= 0.6 is 0 Å². The van der Waals surface area contributed by atoms with Gasteiger partial charge in [0, 0.05) is 27.5 Å². The number of rotatable bonds is 2. The molecule has 10 rings (SSSR count). The molecule has 0 unspecified atom stereocenters. The third-order valence-electron chi connectivity index (χ3n) is 11.9. The van der Waals surface area contributed by atoms with Crippen molar-refractivity contribution in [1.82, 2.24) is 9.97 Å². The van der Waals surface area contributed by atoms with Gasteiger partial charge in [-0.05, 0) is 96.1 Å². The van der Waals surface area contributed by atoms with Gasteiger partial charge in [0.05, 0.1) is 11.0 Å².